The van der Waals surface area contributed by atoms with Crippen LogP contribution in [0.15, 0.2) is 24.3 Å². The first kappa shape index (κ1) is 11.2. The average molecular weight is 211 g/mol. The minimum Gasteiger partial charge on any atom is -0.480 e. The van der Waals surface area contributed by atoms with Crippen LogP contribution in [0, 0.1) is 6.92 Å². The van der Waals surface area contributed by atoms with Gasteiger partial charge in [0.1, 0.15) is 6.04 Å². The van der Waals surface area contributed by atoms with Gasteiger partial charge in [0.2, 0.25) is 0 Å². The van der Waals surface area contributed by atoms with Gasteiger partial charge in [0.25, 0.3) is 0 Å². The Morgan fingerprint density at radius 2 is 2.07 bits per heavy atom. The van der Waals surface area contributed by atoms with Crippen molar-refractivity contribution in [2.24, 2.45) is 0 Å². The van der Waals surface area contributed by atoms with Gasteiger partial charge in [-0.1, -0.05) is 39.2 Å². The van der Waals surface area contributed by atoms with Gasteiger partial charge in [-0.05, 0) is 18.9 Å². The zero-order valence-electron chi connectivity index (χ0n) is 8.03. The van der Waals surface area contributed by atoms with Crippen molar-refractivity contribution in [1.29, 1.82) is 0 Å². The Bertz CT molecular complexity index is 310. The van der Waals surface area contributed by atoms with E-state index in [-0.39, 0.29) is 0 Å². The maximum atomic E-state index is 10.7. The molecule has 0 heterocycles. The van der Waals surface area contributed by atoms with E-state index in [1.807, 2.05) is 31.2 Å². The molecule has 0 bridgehead atoms. The lowest BCUT2D eigenvalue weighted by Crippen LogP contribution is -2.32. The molecule has 0 aliphatic rings. The largest absolute Gasteiger partial charge is 0.480 e. The van der Waals surface area contributed by atoms with Crippen LogP contribution < -0.4 is 5.09 Å². The highest BCUT2D eigenvalue weighted by atomic mass is 31.0. The molecule has 0 aliphatic heterocycles. The molecule has 0 radical (unpaired) electrons. The van der Waals surface area contributed by atoms with Crippen molar-refractivity contribution in [3.8, 4) is 0 Å². The third-order valence-corrected chi connectivity index (χ3v) is 2.46. The first-order valence-electron chi connectivity index (χ1n) is 4.38. The van der Waals surface area contributed by atoms with Crippen molar-refractivity contribution in [3.05, 3.63) is 35.4 Å². The maximum absolute atomic E-state index is 10.7. The first-order valence-corrected chi connectivity index (χ1v) is 4.95. The highest BCUT2D eigenvalue weighted by Gasteiger charge is 2.14. The highest BCUT2D eigenvalue weighted by Crippen LogP contribution is 2.06. The molecule has 2 atom stereocenters. The molecule has 0 aromatic heterocycles. The topological polar surface area (TPSA) is 49.3 Å². The molecule has 1 rings (SSSR count). The first-order chi connectivity index (χ1) is 6.63. The van der Waals surface area contributed by atoms with Crippen LogP contribution >= 0.6 is 9.39 Å². The van der Waals surface area contributed by atoms with Gasteiger partial charge in [-0.2, -0.15) is 0 Å². The summed E-state index contributed by atoms with van der Waals surface area (Å²) >= 11 is 0. The molecule has 0 aliphatic carbocycles. The van der Waals surface area contributed by atoms with Gasteiger partial charge in [0.15, 0.2) is 0 Å². The Labute approximate surface area is 85.8 Å². The second-order valence-electron chi connectivity index (χ2n) is 3.25. The van der Waals surface area contributed by atoms with Crippen molar-refractivity contribution in [1.82, 2.24) is 5.09 Å². The van der Waals surface area contributed by atoms with E-state index in [2.05, 4.69) is 14.5 Å². The van der Waals surface area contributed by atoms with Crippen LogP contribution in [0.3, 0.4) is 0 Å². The molecule has 0 spiro atoms. The molecule has 76 valence electrons. The quantitative estimate of drug-likeness (QED) is 0.739. The number of nitrogens with one attached hydrogen (secondary N) is 1. The monoisotopic (exact) mass is 211 g/mol. The Morgan fingerprint density at radius 3 is 2.50 bits per heavy atom. The highest BCUT2D eigenvalue weighted by molar-refractivity contribution is 7.13. The van der Waals surface area contributed by atoms with Gasteiger partial charge in [-0.15, -0.1) is 0 Å². The summed E-state index contributed by atoms with van der Waals surface area (Å²) in [5, 5.41) is 11.5. The Morgan fingerprint density at radius 1 is 1.50 bits per heavy atom. The standard InChI is InChI=1S/C10H14NO2P/c1-7-2-4-8(5-3-7)6-9(11-14)10(12)13/h2-5,9,11H,6,14H2,1H3,(H,12,13)/t9-/m0/s1. The predicted octanol–water partition coefficient (Wildman–Crippen LogP) is 1.37. The minimum absolute atomic E-state index is 0.499. The fourth-order valence-corrected chi connectivity index (χ4v) is 1.44. The van der Waals surface area contributed by atoms with E-state index in [9.17, 15) is 4.79 Å². The van der Waals surface area contributed by atoms with Crippen LogP contribution in [0.4, 0.5) is 0 Å². The second-order valence-corrected chi connectivity index (χ2v) is 3.58. The number of rotatable bonds is 4. The number of hydrogen-bond acceptors (Lipinski definition) is 2. The van der Waals surface area contributed by atoms with Gasteiger partial charge in [-0.3, -0.25) is 9.88 Å². The summed E-state index contributed by atoms with van der Waals surface area (Å²) in [6.07, 6.45) is 0.499. The molecule has 3 nitrogen and oxygen atoms in total. The smallest absolute Gasteiger partial charge is 0.321 e. The summed E-state index contributed by atoms with van der Waals surface area (Å²) in [4.78, 5) is 10.7. The predicted molar refractivity (Wildman–Crippen MR) is 59.2 cm³/mol. The third kappa shape index (κ3) is 3.09. The number of hydrogen-bond donors (Lipinski definition) is 2. The van der Waals surface area contributed by atoms with Crippen molar-refractivity contribution in [3.63, 3.8) is 0 Å². The molecule has 0 saturated carbocycles. The lowest BCUT2D eigenvalue weighted by molar-refractivity contribution is -0.138. The summed E-state index contributed by atoms with van der Waals surface area (Å²) in [5.74, 6) is -0.833. The number of carbonyl (C=O) groups is 1. The minimum atomic E-state index is -0.833. The summed E-state index contributed by atoms with van der Waals surface area (Å²) in [7, 11) is 2.24. The summed E-state index contributed by atoms with van der Waals surface area (Å²) in [5.41, 5.74) is 2.21. The van der Waals surface area contributed by atoms with Crippen molar-refractivity contribution in [2.75, 3.05) is 0 Å². The van der Waals surface area contributed by atoms with Gasteiger partial charge in [0.05, 0.1) is 0 Å². The van der Waals surface area contributed by atoms with E-state index in [1.54, 1.807) is 0 Å². The number of carboxylic acids is 1. The number of carboxylic acid groups (broad SMARTS) is 1. The summed E-state index contributed by atoms with van der Waals surface area (Å²) in [6.45, 7) is 2.01. The molecule has 1 aromatic rings. The fourth-order valence-electron chi connectivity index (χ4n) is 1.18. The second kappa shape index (κ2) is 5.08. The van der Waals surface area contributed by atoms with E-state index in [0.29, 0.717) is 6.42 Å². The molecule has 0 saturated heterocycles. The van der Waals surface area contributed by atoms with E-state index < -0.39 is 12.0 Å². The Hall–Kier alpha value is -0.920. The third-order valence-electron chi connectivity index (χ3n) is 2.06. The molecule has 14 heavy (non-hydrogen) atoms. The maximum Gasteiger partial charge on any atom is 0.321 e. The fraction of sp³-hybridized carbons (Fsp3) is 0.300. The van der Waals surface area contributed by atoms with E-state index in [1.165, 1.54) is 5.56 Å². The van der Waals surface area contributed by atoms with Gasteiger partial charge < -0.3 is 5.11 Å². The normalized spacial score (nSPS) is 12.4. The van der Waals surface area contributed by atoms with Crippen LogP contribution in [0.1, 0.15) is 11.1 Å². The number of aliphatic carboxylic acids is 1. The lowest BCUT2D eigenvalue weighted by atomic mass is 10.1. The molecule has 1 unspecified atom stereocenters. The Kier molecular flexibility index (Phi) is 4.05. The molecular weight excluding hydrogens is 197 g/mol. The molecule has 0 fully saturated rings. The Balaban J connectivity index is 2.67. The van der Waals surface area contributed by atoms with Crippen LogP contribution in [-0.2, 0) is 11.2 Å². The summed E-state index contributed by atoms with van der Waals surface area (Å²) in [6, 6.07) is 7.33. The van der Waals surface area contributed by atoms with Crippen molar-refractivity contribution >= 4 is 15.4 Å². The van der Waals surface area contributed by atoms with E-state index >= 15 is 0 Å². The van der Waals surface area contributed by atoms with Crippen molar-refractivity contribution in [2.45, 2.75) is 19.4 Å². The van der Waals surface area contributed by atoms with E-state index in [4.69, 9.17) is 5.11 Å². The number of aryl methyl sites for hydroxylation is 1. The van der Waals surface area contributed by atoms with Gasteiger partial charge >= 0.3 is 5.97 Å². The number of benzene rings is 1. The zero-order valence-corrected chi connectivity index (χ0v) is 9.18. The SMILES string of the molecule is Cc1ccc(C[C@H](NP)C(=O)O)cc1. The van der Waals surface area contributed by atoms with Gasteiger partial charge in [-0.25, -0.2) is 0 Å². The van der Waals surface area contributed by atoms with Crippen LogP contribution in [0.2, 0.25) is 0 Å². The molecule has 4 heteroatoms. The summed E-state index contributed by atoms with van der Waals surface area (Å²) < 4.78 is 0. The molecule has 2 N–H and O–H groups in total. The lowest BCUT2D eigenvalue weighted by Gasteiger charge is -2.10. The van der Waals surface area contributed by atoms with Gasteiger partial charge in [0, 0.05) is 0 Å². The van der Waals surface area contributed by atoms with Crippen LogP contribution in [-0.4, -0.2) is 17.1 Å². The molecular formula is C10H14NO2P. The molecule has 0 amide bonds. The van der Waals surface area contributed by atoms with Crippen LogP contribution in [0.25, 0.3) is 0 Å². The average Bonchev–Trinajstić information content (AvgIpc) is 2.16. The van der Waals surface area contributed by atoms with Crippen LogP contribution in [0.5, 0.6) is 0 Å². The van der Waals surface area contributed by atoms with Crippen molar-refractivity contribution < 1.29 is 9.90 Å². The van der Waals surface area contributed by atoms with E-state index in [0.717, 1.165) is 5.56 Å². The zero-order chi connectivity index (χ0) is 10.6. The molecule has 1 aromatic carbocycles.